The maximum atomic E-state index is 13.1. The molecule has 1 unspecified atom stereocenters. The van der Waals surface area contributed by atoms with Crippen LogP contribution in [0.2, 0.25) is 0 Å². The number of rotatable bonds is 6. The minimum absolute atomic E-state index is 0.201. The Kier molecular flexibility index (Phi) is 6.16. The van der Waals surface area contributed by atoms with Gasteiger partial charge in [-0.15, -0.1) is 11.3 Å². The van der Waals surface area contributed by atoms with Crippen LogP contribution in [0.5, 0.6) is 0 Å². The first-order valence-electron chi connectivity index (χ1n) is 8.87. The third kappa shape index (κ3) is 4.72. The van der Waals surface area contributed by atoms with Crippen molar-refractivity contribution in [2.45, 2.75) is 17.9 Å². The van der Waals surface area contributed by atoms with Gasteiger partial charge in [-0.3, -0.25) is 4.79 Å². The maximum absolute atomic E-state index is 13.1. The Morgan fingerprint density at radius 1 is 1.00 bits per heavy atom. The predicted molar refractivity (Wildman–Crippen MR) is 113 cm³/mol. The van der Waals surface area contributed by atoms with Crippen LogP contribution in [0.1, 0.15) is 28.2 Å². The van der Waals surface area contributed by atoms with E-state index in [1.807, 2.05) is 13.0 Å². The van der Waals surface area contributed by atoms with Crippen LogP contribution in [-0.4, -0.2) is 32.7 Å². The van der Waals surface area contributed by atoms with Crippen LogP contribution < -0.4 is 5.32 Å². The highest BCUT2D eigenvalue weighted by atomic mass is 32.2. The third-order valence-corrected chi connectivity index (χ3v) is 7.43. The summed E-state index contributed by atoms with van der Waals surface area (Å²) in [6.45, 7) is 1.84. The monoisotopic (exact) mass is 432 g/mol. The Morgan fingerprint density at radius 2 is 1.62 bits per heavy atom. The van der Waals surface area contributed by atoms with Crippen LogP contribution in [0.3, 0.4) is 0 Å². The van der Waals surface area contributed by atoms with Crippen LogP contribution in [0, 0.1) is 5.82 Å². The first-order chi connectivity index (χ1) is 13.7. The van der Waals surface area contributed by atoms with E-state index in [9.17, 15) is 17.6 Å². The van der Waals surface area contributed by atoms with Gasteiger partial charge in [-0.1, -0.05) is 24.3 Å². The molecule has 1 heterocycles. The van der Waals surface area contributed by atoms with E-state index in [0.29, 0.717) is 4.88 Å². The Hall–Kier alpha value is -2.55. The summed E-state index contributed by atoms with van der Waals surface area (Å²) in [6, 6.07) is 15.8. The molecule has 0 aliphatic heterocycles. The first kappa shape index (κ1) is 21.2. The largest absolute Gasteiger partial charge is 0.345 e. The molecule has 5 nitrogen and oxygen atoms in total. The second-order valence-electron chi connectivity index (χ2n) is 6.72. The number of sulfonamides is 1. The van der Waals surface area contributed by atoms with E-state index in [1.165, 1.54) is 49.7 Å². The summed E-state index contributed by atoms with van der Waals surface area (Å²) in [5.74, 6) is -0.526. The number of hydrogen-bond donors (Lipinski definition) is 1. The molecule has 0 radical (unpaired) electrons. The molecule has 0 fully saturated rings. The van der Waals surface area contributed by atoms with Crippen LogP contribution in [0.4, 0.5) is 4.39 Å². The van der Waals surface area contributed by atoms with Gasteiger partial charge >= 0.3 is 0 Å². The van der Waals surface area contributed by atoms with Crippen molar-refractivity contribution in [2.75, 3.05) is 14.1 Å². The van der Waals surface area contributed by atoms with Crippen molar-refractivity contribution in [3.8, 4) is 10.4 Å². The van der Waals surface area contributed by atoms with Crippen molar-refractivity contribution in [2.24, 2.45) is 0 Å². The SMILES string of the molecule is CC(NC(=O)c1ccc(-c2ccc(F)cc2)s1)c1ccc(S(=O)(=O)N(C)C)cc1. The first-order valence-corrected chi connectivity index (χ1v) is 11.1. The Labute approximate surface area is 173 Å². The molecule has 0 saturated carbocycles. The summed E-state index contributed by atoms with van der Waals surface area (Å²) < 4.78 is 38.5. The molecule has 0 aliphatic carbocycles. The average molecular weight is 433 g/mol. The van der Waals surface area contributed by atoms with E-state index < -0.39 is 10.0 Å². The molecule has 2 aromatic carbocycles. The molecule has 152 valence electrons. The average Bonchev–Trinajstić information content (AvgIpc) is 3.19. The van der Waals surface area contributed by atoms with E-state index in [-0.39, 0.29) is 22.7 Å². The summed E-state index contributed by atoms with van der Waals surface area (Å²) in [5.41, 5.74) is 1.65. The quantitative estimate of drug-likeness (QED) is 0.632. The van der Waals surface area contributed by atoms with Gasteiger partial charge in [0.2, 0.25) is 10.0 Å². The van der Waals surface area contributed by atoms with Crippen molar-refractivity contribution in [1.82, 2.24) is 9.62 Å². The number of hydrogen-bond acceptors (Lipinski definition) is 4. The lowest BCUT2D eigenvalue weighted by Gasteiger charge is -2.15. The molecule has 0 saturated heterocycles. The van der Waals surface area contributed by atoms with Crippen molar-refractivity contribution >= 4 is 27.3 Å². The summed E-state index contributed by atoms with van der Waals surface area (Å²) in [7, 11) is -0.529. The number of halogens is 1. The zero-order chi connectivity index (χ0) is 21.2. The van der Waals surface area contributed by atoms with Gasteiger partial charge in [0.05, 0.1) is 15.8 Å². The van der Waals surface area contributed by atoms with Crippen molar-refractivity contribution in [1.29, 1.82) is 0 Å². The van der Waals surface area contributed by atoms with Crippen molar-refractivity contribution in [3.05, 3.63) is 76.9 Å². The van der Waals surface area contributed by atoms with Gasteiger partial charge in [0, 0.05) is 19.0 Å². The fourth-order valence-electron chi connectivity index (χ4n) is 2.72. The van der Waals surface area contributed by atoms with E-state index in [2.05, 4.69) is 5.32 Å². The predicted octanol–water partition coefficient (Wildman–Crippen LogP) is 4.30. The molecule has 3 aromatic rings. The third-order valence-electron chi connectivity index (χ3n) is 4.46. The van der Waals surface area contributed by atoms with Gasteiger partial charge in [-0.25, -0.2) is 17.1 Å². The Morgan fingerprint density at radius 3 is 2.21 bits per heavy atom. The lowest BCUT2D eigenvalue weighted by molar-refractivity contribution is 0.0944. The maximum Gasteiger partial charge on any atom is 0.261 e. The van der Waals surface area contributed by atoms with Crippen LogP contribution in [0.15, 0.2) is 65.6 Å². The summed E-state index contributed by atoms with van der Waals surface area (Å²) in [5, 5.41) is 2.92. The minimum atomic E-state index is -3.49. The molecule has 0 spiro atoms. The second kappa shape index (κ2) is 8.44. The molecule has 1 atom stereocenters. The molecular formula is C21H21FN2O3S2. The van der Waals surface area contributed by atoms with Crippen LogP contribution in [-0.2, 0) is 10.0 Å². The number of amides is 1. The summed E-state index contributed by atoms with van der Waals surface area (Å²) >= 11 is 1.33. The van der Waals surface area contributed by atoms with Crippen molar-refractivity contribution < 1.29 is 17.6 Å². The normalized spacial score (nSPS) is 12.7. The zero-order valence-corrected chi connectivity index (χ0v) is 17.9. The molecule has 1 amide bonds. The molecule has 0 aliphatic rings. The number of carbonyl (C=O) groups excluding carboxylic acids is 1. The van der Waals surface area contributed by atoms with Gasteiger partial charge in [0.25, 0.3) is 5.91 Å². The molecule has 1 N–H and O–H groups in total. The highest BCUT2D eigenvalue weighted by Crippen LogP contribution is 2.28. The zero-order valence-electron chi connectivity index (χ0n) is 16.2. The number of carbonyl (C=O) groups is 1. The second-order valence-corrected chi connectivity index (χ2v) is 9.96. The van der Waals surface area contributed by atoms with Crippen LogP contribution >= 0.6 is 11.3 Å². The number of benzene rings is 2. The standard InChI is InChI=1S/C21H21FN2O3S2/c1-14(15-6-10-18(11-7-15)29(26,27)24(2)3)23-21(25)20-13-12-19(28-20)16-4-8-17(22)9-5-16/h4-14H,1-3H3,(H,23,25). The van der Waals surface area contributed by atoms with Gasteiger partial charge in [-0.05, 0) is 54.4 Å². The van der Waals surface area contributed by atoms with Gasteiger partial charge in [0.15, 0.2) is 0 Å². The van der Waals surface area contributed by atoms with Crippen molar-refractivity contribution in [3.63, 3.8) is 0 Å². The molecule has 1 aromatic heterocycles. The van der Waals surface area contributed by atoms with E-state index in [1.54, 1.807) is 30.3 Å². The summed E-state index contributed by atoms with van der Waals surface area (Å²) in [6.07, 6.45) is 0. The molecule has 3 rings (SSSR count). The lowest BCUT2D eigenvalue weighted by Crippen LogP contribution is -2.26. The fraction of sp³-hybridized carbons (Fsp3) is 0.190. The van der Waals surface area contributed by atoms with Gasteiger partial charge < -0.3 is 5.32 Å². The molecule has 29 heavy (non-hydrogen) atoms. The Balaban J connectivity index is 1.70. The molecule has 0 bridgehead atoms. The fourth-order valence-corrected chi connectivity index (χ4v) is 4.54. The number of nitrogens with one attached hydrogen (secondary N) is 1. The molecule has 8 heteroatoms. The summed E-state index contributed by atoms with van der Waals surface area (Å²) in [4.78, 5) is 14.2. The highest BCUT2D eigenvalue weighted by molar-refractivity contribution is 7.89. The lowest BCUT2D eigenvalue weighted by atomic mass is 10.1. The Bertz CT molecular complexity index is 1110. The van der Waals surface area contributed by atoms with Crippen LogP contribution in [0.25, 0.3) is 10.4 Å². The van der Waals surface area contributed by atoms with E-state index in [0.717, 1.165) is 20.3 Å². The van der Waals surface area contributed by atoms with Gasteiger partial charge in [-0.2, -0.15) is 0 Å². The smallest absolute Gasteiger partial charge is 0.261 e. The minimum Gasteiger partial charge on any atom is -0.345 e. The van der Waals surface area contributed by atoms with E-state index >= 15 is 0 Å². The van der Waals surface area contributed by atoms with Gasteiger partial charge in [0.1, 0.15) is 5.82 Å². The number of thiophene rings is 1. The highest BCUT2D eigenvalue weighted by Gasteiger charge is 2.18. The van der Waals surface area contributed by atoms with E-state index in [4.69, 9.17) is 0 Å². The number of nitrogens with zero attached hydrogens (tertiary/aromatic N) is 1. The topological polar surface area (TPSA) is 66.5 Å². The molecular weight excluding hydrogens is 411 g/mol.